The topological polar surface area (TPSA) is 107 Å². The van der Waals surface area contributed by atoms with E-state index in [0.717, 1.165) is 23.0 Å². The summed E-state index contributed by atoms with van der Waals surface area (Å²) in [6.45, 7) is 1.43. The van der Waals surface area contributed by atoms with Crippen LogP contribution in [0.3, 0.4) is 0 Å². The summed E-state index contributed by atoms with van der Waals surface area (Å²) in [5.74, 6) is -0.295. The summed E-state index contributed by atoms with van der Waals surface area (Å²) >= 11 is 0. The summed E-state index contributed by atoms with van der Waals surface area (Å²) in [7, 11) is -2.33. The largest absolute Gasteiger partial charge is 0.331 e. The highest BCUT2D eigenvalue weighted by Crippen LogP contribution is 2.36. The predicted molar refractivity (Wildman–Crippen MR) is 117 cm³/mol. The van der Waals surface area contributed by atoms with Gasteiger partial charge < -0.3 is 0 Å². The molecule has 1 heterocycles. The van der Waals surface area contributed by atoms with Crippen molar-refractivity contribution in [2.75, 3.05) is 0 Å². The van der Waals surface area contributed by atoms with Crippen molar-refractivity contribution in [3.8, 4) is 0 Å². The molecule has 162 valence electrons. The Morgan fingerprint density at radius 3 is 2.42 bits per heavy atom. The van der Waals surface area contributed by atoms with Crippen molar-refractivity contribution in [3.63, 3.8) is 0 Å². The number of carbonyl (C=O) groups excluding carboxylic acids is 1. The maximum Gasteiger partial charge on any atom is 0.331 e. The van der Waals surface area contributed by atoms with Crippen LogP contribution in [0.5, 0.6) is 0 Å². The van der Waals surface area contributed by atoms with E-state index in [9.17, 15) is 22.8 Å². The Labute approximate surface area is 179 Å². The number of carbonyl (C=O) groups is 1. The van der Waals surface area contributed by atoms with Crippen LogP contribution in [0.2, 0.25) is 0 Å². The number of ketones is 1. The number of fused-ring (bicyclic) bond motifs is 1. The van der Waals surface area contributed by atoms with Gasteiger partial charge in [-0.2, -0.15) is 0 Å². The van der Waals surface area contributed by atoms with Crippen LogP contribution in [-0.2, 0) is 34.8 Å². The quantitative estimate of drug-likeness (QED) is 0.595. The maximum atomic E-state index is 13.0. The molecule has 2 aromatic carbocycles. The number of hydrogen-bond acceptors (Lipinski definition) is 5. The molecule has 9 heteroatoms. The first-order chi connectivity index (χ1) is 14.6. The fourth-order valence-corrected chi connectivity index (χ4v) is 5.02. The lowest BCUT2D eigenvalue weighted by atomic mass is 10.1. The average molecular weight is 442 g/mol. The van der Waals surface area contributed by atoms with Crippen molar-refractivity contribution < 1.29 is 13.2 Å². The van der Waals surface area contributed by atoms with Crippen molar-refractivity contribution >= 4 is 26.7 Å². The second-order valence-electron chi connectivity index (χ2n) is 8.28. The van der Waals surface area contributed by atoms with Gasteiger partial charge in [-0.15, -0.1) is 0 Å². The molecule has 8 nitrogen and oxygen atoms in total. The summed E-state index contributed by atoms with van der Waals surface area (Å²) in [6, 6.07) is 13.1. The van der Waals surface area contributed by atoms with Crippen LogP contribution in [0.1, 0.15) is 25.3 Å². The van der Waals surface area contributed by atoms with E-state index in [0.29, 0.717) is 5.52 Å². The molecular weight excluding hydrogens is 418 g/mol. The van der Waals surface area contributed by atoms with Crippen LogP contribution in [0, 0.1) is 0 Å². The summed E-state index contributed by atoms with van der Waals surface area (Å²) < 4.78 is 30.2. The molecule has 0 spiro atoms. The van der Waals surface area contributed by atoms with Gasteiger partial charge in [-0.3, -0.25) is 18.7 Å². The third-order valence-electron chi connectivity index (χ3n) is 5.59. The minimum atomic E-state index is -3.82. The number of hydrogen-bond donors (Lipinski definition) is 1. The van der Waals surface area contributed by atoms with Crippen LogP contribution in [0.25, 0.3) is 10.9 Å². The first kappa shape index (κ1) is 21.2. The first-order valence-corrected chi connectivity index (χ1v) is 11.4. The molecule has 0 amide bonds. The van der Waals surface area contributed by atoms with Crippen LogP contribution in [0.4, 0.5) is 0 Å². The smallest absolute Gasteiger partial charge is 0.297 e. The fourth-order valence-electron chi connectivity index (χ4n) is 3.53. The lowest BCUT2D eigenvalue weighted by Crippen LogP contribution is -2.41. The number of nitrogens with zero attached hydrogens (tertiary/aromatic N) is 2. The third-order valence-corrected chi connectivity index (χ3v) is 7.23. The van der Waals surface area contributed by atoms with Gasteiger partial charge in [0.15, 0.2) is 5.78 Å². The van der Waals surface area contributed by atoms with Crippen molar-refractivity contribution in [2.45, 2.75) is 43.2 Å². The fraction of sp³-hybridized carbons (Fsp3) is 0.318. The standard InChI is InChI=1S/C22H23N3O5S/c1-22(10-11-22)23-31(29,30)17-8-9-19-18(13-17)20(27)25(21(28)24(19)2)14-16(26)12-15-6-4-3-5-7-15/h3-9,13,23H,10-12,14H2,1-2H3. The summed E-state index contributed by atoms with van der Waals surface area (Å²) in [6.07, 6.45) is 1.60. The molecule has 0 saturated heterocycles. The van der Waals surface area contributed by atoms with E-state index in [1.165, 1.54) is 29.8 Å². The molecule has 1 saturated carbocycles. The first-order valence-electron chi connectivity index (χ1n) is 9.93. The molecule has 31 heavy (non-hydrogen) atoms. The zero-order chi connectivity index (χ0) is 22.4. The van der Waals surface area contributed by atoms with Crippen LogP contribution in [0.15, 0.2) is 63.0 Å². The molecule has 0 bridgehead atoms. The lowest BCUT2D eigenvalue weighted by molar-refractivity contribution is -0.119. The van der Waals surface area contributed by atoms with Crippen molar-refractivity contribution in [1.29, 1.82) is 0 Å². The van der Waals surface area contributed by atoms with Gasteiger partial charge in [0.2, 0.25) is 10.0 Å². The van der Waals surface area contributed by atoms with Crippen molar-refractivity contribution in [3.05, 3.63) is 74.9 Å². The SMILES string of the molecule is Cn1c(=O)n(CC(=O)Cc2ccccc2)c(=O)c2cc(S(=O)(=O)NC3(C)CC3)ccc21. The number of aromatic nitrogens is 2. The molecule has 0 unspecified atom stereocenters. The number of rotatable bonds is 7. The Hall–Kier alpha value is -3.04. The third kappa shape index (κ3) is 4.24. The molecule has 0 radical (unpaired) electrons. The summed E-state index contributed by atoms with van der Waals surface area (Å²) in [5.41, 5.74) is -0.682. The van der Waals surface area contributed by atoms with Gasteiger partial charge in [-0.1, -0.05) is 30.3 Å². The van der Waals surface area contributed by atoms with E-state index < -0.39 is 26.8 Å². The van der Waals surface area contributed by atoms with Gasteiger partial charge in [0.1, 0.15) is 0 Å². The molecule has 1 fully saturated rings. The van der Waals surface area contributed by atoms with E-state index in [4.69, 9.17) is 0 Å². The minimum absolute atomic E-state index is 0.0500. The van der Waals surface area contributed by atoms with Gasteiger partial charge in [-0.25, -0.2) is 17.9 Å². The maximum absolute atomic E-state index is 13.0. The zero-order valence-electron chi connectivity index (χ0n) is 17.3. The van der Waals surface area contributed by atoms with Gasteiger partial charge >= 0.3 is 5.69 Å². The van der Waals surface area contributed by atoms with Gasteiger partial charge in [0.25, 0.3) is 5.56 Å². The van der Waals surface area contributed by atoms with E-state index in [2.05, 4.69) is 4.72 Å². The number of benzene rings is 2. The number of sulfonamides is 1. The lowest BCUT2D eigenvalue weighted by Gasteiger charge is -2.14. The van der Waals surface area contributed by atoms with Crippen LogP contribution in [-0.4, -0.2) is 28.9 Å². The Balaban J connectivity index is 1.73. The monoisotopic (exact) mass is 441 g/mol. The number of aryl methyl sites for hydroxylation is 1. The van der Waals surface area contributed by atoms with Gasteiger partial charge in [0, 0.05) is 19.0 Å². The van der Waals surface area contributed by atoms with Gasteiger partial charge in [-0.05, 0) is 43.5 Å². The second kappa shape index (κ2) is 7.58. The number of Topliss-reactive ketones (excluding diaryl/α,β-unsaturated/α-hetero) is 1. The molecule has 3 aromatic rings. The van der Waals surface area contributed by atoms with E-state index in [1.807, 2.05) is 25.1 Å². The Morgan fingerprint density at radius 2 is 1.77 bits per heavy atom. The Bertz CT molecular complexity index is 1400. The average Bonchev–Trinajstić information content (AvgIpc) is 3.45. The molecule has 4 rings (SSSR count). The second-order valence-corrected chi connectivity index (χ2v) is 9.96. The van der Waals surface area contributed by atoms with Gasteiger partial charge in [0.05, 0.1) is 22.3 Å². The predicted octanol–water partition coefficient (Wildman–Crippen LogP) is 1.34. The Morgan fingerprint density at radius 1 is 1.10 bits per heavy atom. The number of nitrogens with one attached hydrogen (secondary N) is 1. The van der Waals surface area contributed by atoms with Crippen molar-refractivity contribution in [2.24, 2.45) is 7.05 Å². The highest BCUT2D eigenvalue weighted by atomic mass is 32.2. The highest BCUT2D eigenvalue weighted by Gasteiger charge is 2.41. The zero-order valence-corrected chi connectivity index (χ0v) is 18.1. The van der Waals surface area contributed by atoms with E-state index in [-0.39, 0.29) is 29.0 Å². The normalized spacial score (nSPS) is 15.2. The molecule has 0 aliphatic heterocycles. The molecular formula is C22H23N3O5S. The summed E-state index contributed by atoms with van der Waals surface area (Å²) in [4.78, 5) is 38.2. The molecule has 1 N–H and O–H groups in total. The highest BCUT2D eigenvalue weighted by molar-refractivity contribution is 7.89. The molecule has 1 aliphatic carbocycles. The van der Waals surface area contributed by atoms with E-state index in [1.54, 1.807) is 12.1 Å². The van der Waals surface area contributed by atoms with Crippen LogP contribution < -0.4 is 16.0 Å². The molecule has 1 aliphatic rings. The summed E-state index contributed by atoms with van der Waals surface area (Å²) in [5, 5.41) is 0.0680. The van der Waals surface area contributed by atoms with E-state index >= 15 is 0 Å². The minimum Gasteiger partial charge on any atom is -0.297 e. The Kier molecular flexibility index (Phi) is 5.18. The molecule has 1 aromatic heterocycles. The molecule has 0 atom stereocenters. The van der Waals surface area contributed by atoms with Crippen molar-refractivity contribution in [1.82, 2.24) is 13.9 Å². The van der Waals surface area contributed by atoms with Crippen LogP contribution >= 0.6 is 0 Å².